The summed E-state index contributed by atoms with van der Waals surface area (Å²) in [6.45, 7) is 6.16. The van der Waals surface area contributed by atoms with E-state index in [1.54, 1.807) is 0 Å². The van der Waals surface area contributed by atoms with Crippen LogP contribution in [0.25, 0.3) is 0 Å². The molecule has 1 unspecified atom stereocenters. The molecule has 0 aliphatic heterocycles. The lowest BCUT2D eigenvalue weighted by molar-refractivity contribution is 0.0925. The van der Waals surface area contributed by atoms with Gasteiger partial charge in [-0.3, -0.25) is 4.79 Å². The van der Waals surface area contributed by atoms with E-state index in [1.165, 1.54) is 11.5 Å². The van der Waals surface area contributed by atoms with Gasteiger partial charge in [0.25, 0.3) is 5.91 Å². The van der Waals surface area contributed by atoms with Gasteiger partial charge in [0.15, 0.2) is 5.69 Å². The zero-order valence-corrected chi connectivity index (χ0v) is 11.3. The molecule has 0 aliphatic rings. The molecule has 0 saturated heterocycles. The standard InChI is InChI=1S/C9H13IN2OS/c1-5(2)6(3)11-9(13)8-7(10)4-14-12-8/h4-6H,1-3H3,(H,11,13). The summed E-state index contributed by atoms with van der Waals surface area (Å²) in [7, 11) is 0. The lowest BCUT2D eigenvalue weighted by Gasteiger charge is -2.16. The van der Waals surface area contributed by atoms with E-state index >= 15 is 0 Å². The van der Waals surface area contributed by atoms with Crippen molar-refractivity contribution in [2.75, 3.05) is 0 Å². The minimum atomic E-state index is -0.0724. The summed E-state index contributed by atoms with van der Waals surface area (Å²) in [6, 6.07) is 0.181. The van der Waals surface area contributed by atoms with E-state index in [2.05, 4.69) is 46.1 Å². The average Bonchev–Trinajstić information content (AvgIpc) is 2.51. The van der Waals surface area contributed by atoms with E-state index in [0.717, 1.165) is 3.57 Å². The van der Waals surface area contributed by atoms with E-state index in [-0.39, 0.29) is 11.9 Å². The Bertz CT molecular complexity index is 324. The number of amides is 1. The van der Waals surface area contributed by atoms with Crippen LogP contribution in [-0.2, 0) is 0 Å². The Balaban J connectivity index is 2.64. The van der Waals surface area contributed by atoms with Crippen LogP contribution in [0, 0.1) is 9.49 Å². The van der Waals surface area contributed by atoms with Gasteiger partial charge in [-0.25, -0.2) is 0 Å². The lowest BCUT2D eigenvalue weighted by atomic mass is 10.1. The lowest BCUT2D eigenvalue weighted by Crippen LogP contribution is -2.36. The van der Waals surface area contributed by atoms with Gasteiger partial charge in [-0.2, -0.15) is 4.37 Å². The van der Waals surface area contributed by atoms with E-state index in [4.69, 9.17) is 0 Å². The molecule has 78 valence electrons. The van der Waals surface area contributed by atoms with Crippen molar-refractivity contribution in [2.45, 2.75) is 26.8 Å². The number of aromatic nitrogens is 1. The fourth-order valence-electron chi connectivity index (χ4n) is 0.816. The van der Waals surface area contributed by atoms with Crippen LogP contribution in [0.3, 0.4) is 0 Å². The van der Waals surface area contributed by atoms with E-state index in [9.17, 15) is 4.79 Å². The Morgan fingerprint density at radius 2 is 2.21 bits per heavy atom. The van der Waals surface area contributed by atoms with Gasteiger partial charge < -0.3 is 5.32 Å². The number of rotatable bonds is 3. The number of nitrogens with zero attached hydrogens (tertiary/aromatic N) is 1. The van der Waals surface area contributed by atoms with Crippen molar-refractivity contribution in [3.63, 3.8) is 0 Å². The maximum atomic E-state index is 11.7. The number of halogens is 1. The zero-order valence-electron chi connectivity index (χ0n) is 8.37. The number of carbonyl (C=O) groups is 1. The fourth-order valence-corrected chi connectivity index (χ4v) is 2.23. The highest BCUT2D eigenvalue weighted by Gasteiger charge is 2.16. The summed E-state index contributed by atoms with van der Waals surface area (Å²) < 4.78 is 4.97. The summed E-state index contributed by atoms with van der Waals surface area (Å²) >= 11 is 3.43. The third kappa shape index (κ3) is 2.91. The molecule has 1 amide bonds. The minimum Gasteiger partial charge on any atom is -0.348 e. The molecule has 1 atom stereocenters. The maximum Gasteiger partial charge on any atom is 0.272 e. The molecule has 0 saturated carbocycles. The summed E-state index contributed by atoms with van der Waals surface area (Å²) in [6.07, 6.45) is 0. The Labute approximate surface area is 102 Å². The third-order valence-corrected chi connectivity index (χ3v) is 3.97. The van der Waals surface area contributed by atoms with Crippen LogP contribution in [0.1, 0.15) is 31.3 Å². The van der Waals surface area contributed by atoms with Gasteiger partial charge >= 0.3 is 0 Å². The van der Waals surface area contributed by atoms with Gasteiger partial charge in [0, 0.05) is 11.4 Å². The van der Waals surface area contributed by atoms with Gasteiger partial charge in [-0.05, 0) is 47.0 Å². The SMILES string of the molecule is CC(C)C(C)NC(=O)c1nscc1I. The highest BCUT2D eigenvalue weighted by molar-refractivity contribution is 14.1. The Morgan fingerprint density at radius 3 is 2.64 bits per heavy atom. The topological polar surface area (TPSA) is 42.0 Å². The Hall–Kier alpha value is -0.170. The molecule has 0 fully saturated rings. The first-order chi connectivity index (χ1) is 6.52. The van der Waals surface area contributed by atoms with Crippen LogP contribution in [-0.4, -0.2) is 16.3 Å². The monoisotopic (exact) mass is 324 g/mol. The number of carbonyl (C=O) groups excluding carboxylic acids is 1. The van der Waals surface area contributed by atoms with Crippen LogP contribution in [0.2, 0.25) is 0 Å². The molecule has 0 spiro atoms. The van der Waals surface area contributed by atoms with Crippen molar-refractivity contribution in [3.05, 3.63) is 14.6 Å². The van der Waals surface area contributed by atoms with Crippen LogP contribution >= 0.6 is 34.1 Å². The van der Waals surface area contributed by atoms with Crippen LogP contribution in [0.5, 0.6) is 0 Å². The van der Waals surface area contributed by atoms with Crippen molar-refractivity contribution in [1.29, 1.82) is 0 Å². The first kappa shape index (κ1) is 11.9. The molecule has 1 heterocycles. The molecule has 0 radical (unpaired) electrons. The van der Waals surface area contributed by atoms with Gasteiger partial charge in [0.05, 0.1) is 3.57 Å². The summed E-state index contributed by atoms with van der Waals surface area (Å²) in [5.74, 6) is 0.368. The molecule has 1 aromatic heterocycles. The smallest absolute Gasteiger partial charge is 0.272 e. The Kier molecular flexibility index (Phi) is 4.31. The molecule has 3 nitrogen and oxygen atoms in total. The predicted molar refractivity (Wildman–Crippen MR) is 66.6 cm³/mol. The second kappa shape index (κ2) is 5.06. The van der Waals surface area contributed by atoms with Gasteiger partial charge in [-0.15, -0.1) is 0 Å². The number of nitrogens with one attached hydrogen (secondary N) is 1. The van der Waals surface area contributed by atoms with Crippen molar-refractivity contribution >= 4 is 40.0 Å². The highest BCUT2D eigenvalue weighted by atomic mass is 127. The first-order valence-electron chi connectivity index (χ1n) is 4.43. The first-order valence-corrected chi connectivity index (χ1v) is 6.34. The number of hydrogen-bond donors (Lipinski definition) is 1. The van der Waals surface area contributed by atoms with Gasteiger partial charge in [0.2, 0.25) is 0 Å². The van der Waals surface area contributed by atoms with Crippen molar-refractivity contribution in [2.24, 2.45) is 5.92 Å². The summed E-state index contributed by atoms with van der Waals surface area (Å²) in [4.78, 5) is 11.7. The molecular weight excluding hydrogens is 311 g/mol. The zero-order chi connectivity index (χ0) is 10.7. The normalized spacial score (nSPS) is 12.9. The largest absolute Gasteiger partial charge is 0.348 e. The Morgan fingerprint density at radius 1 is 1.57 bits per heavy atom. The quantitative estimate of drug-likeness (QED) is 0.868. The van der Waals surface area contributed by atoms with Gasteiger partial charge in [0.1, 0.15) is 0 Å². The van der Waals surface area contributed by atoms with Crippen LogP contribution < -0.4 is 5.32 Å². The van der Waals surface area contributed by atoms with E-state index < -0.39 is 0 Å². The second-order valence-electron chi connectivity index (χ2n) is 3.52. The molecule has 0 bridgehead atoms. The van der Waals surface area contributed by atoms with E-state index in [1.807, 2.05) is 12.3 Å². The van der Waals surface area contributed by atoms with Crippen molar-refractivity contribution < 1.29 is 4.79 Å². The molecule has 14 heavy (non-hydrogen) atoms. The molecule has 1 N–H and O–H groups in total. The predicted octanol–water partition coefficient (Wildman–Crippen LogP) is 2.52. The van der Waals surface area contributed by atoms with Crippen LogP contribution in [0.4, 0.5) is 0 Å². The summed E-state index contributed by atoms with van der Waals surface area (Å²) in [5, 5.41) is 4.79. The van der Waals surface area contributed by atoms with E-state index in [0.29, 0.717) is 11.6 Å². The minimum absolute atomic E-state index is 0.0724. The highest BCUT2D eigenvalue weighted by Crippen LogP contribution is 2.13. The van der Waals surface area contributed by atoms with Crippen molar-refractivity contribution in [3.8, 4) is 0 Å². The third-order valence-electron chi connectivity index (χ3n) is 2.10. The maximum absolute atomic E-state index is 11.7. The van der Waals surface area contributed by atoms with Crippen LogP contribution in [0.15, 0.2) is 5.38 Å². The summed E-state index contributed by atoms with van der Waals surface area (Å²) in [5.41, 5.74) is 0.545. The molecule has 1 aromatic rings. The molecular formula is C9H13IN2OS. The second-order valence-corrected chi connectivity index (χ2v) is 5.31. The average molecular weight is 324 g/mol. The van der Waals surface area contributed by atoms with Gasteiger partial charge in [-0.1, -0.05) is 13.8 Å². The molecule has 5 heteroatoms. The molecule has 0 aromatic carbocycles. The number of hydrogen-bond acceptors (Lipinski definition) is 3. The fraction of sp³-hybridized carbons (Fsp3) is 0.556. The molecule has 0 aliphatic carbocycles. The molecule has 1 rings (SSSR count). The van der Waals surface area contributed by atoms with Crippen molar-refractivity contribution in [1.82, 2.24) is 9.69 Å².